The maximum atomic E-state index is 13.3. The summed E-state index contributed by atoms with van der Waals surface area (Å²) in [5, 5.41) is 3.27. The Bertz CT molecular complexity index is 1210. The third-order valence-electron chi connectivity index (χ3n) is 6.62. The van der Waals surface area contributed by atoms with E-state index < -0.39 is 23.8 Å². The van der Waals surface area contributed by atoms with Crippen LogP contribution in [-0.2, 0) is 27.3 Å². The van der Waals surface area contributed by atoms with E-state index >= 15 is 0 Å². The number of ketones is 1. The normalized spacial score (nSPS) is 19.7. The van der Waals surface area contributed by atoms with E-state index in [1.807, 2.05) is 36.4 Å². The topological polar surface area (TPSA) is 101 Å². The fraction of sp³-hybridized carbons (Fsp3) is 0.464. The highest BCUT2D eigenvalue weighted by atomic mass is 35.5. The van der Waals surface area contributed by atoms with Gasteiger partial charge in [-0.2, -0.15) is 0 Å². The zero-order valence-electron chi connectivity index (χ0n) is 21.7. The van der Waals surface area contributed by atoms with Gasteiger partial charge in [-0.3, -0.25) is 24.5 Å². The average Bonchev–Trinajstić information content (AvgIpc) is 3.46. The summed E-state index contributed by atoms with van der Waals surface area (Å²) in [5.41, 5.74) is 2.90. The Morgan fingerprint density at radius 1 is 1.22 bits per heavy atom. The van der Waals surface area contributed by atoms with E-state index in [4.69, 9.17) is 16.3 Å². The van der Waals surface area contributed by atoms with Gasteiger partial charge in [0.05, 0.1) is 18.3 Å². The minimum atomic E-state index is -0.724. The number of nitrogens with zero attached hydrogens (tertiary/aromatic N) is 3. The van der Waals surface area contributed by atoms with Crippen molar-refractivity contribution in [3.8, 4) is 0 Å². The van der Waals surface area contributed by atoms with Gasteiger partial charge in [-0.15, -0.1) is 0 Å². The number of aryl methyl sites for hydroxylation is 1. The van der Waals surface area contributed by atoms with Crippen LogP contribution in [-0.4, -0.2) is 57.1 Å². The Morgan fingerprint density at radius 3 is 2.65 bits per heavy atom. The highest BCUT2D eigenvalue weighted by molar-refractivity contribution is 6.70. The zero-order valence-corrected chi connectivity index (χ0v) is 22.4. The number of aromatic nitrogens is 1. The van der Waals surface area contributed by atoms with Gasteiger partial charge in [0.2, 0.25) is 5.91 Å². The molecule has 0 radical (unpaired) electrons. The monoisotopic (exact) mass is 524 g/mol. The number of benzene rings is 1. The first-order valence-corrected chi connectivity index (χ1v) is 13.0. The number of fused-ring (bicyclic) bond motifs is 1. The van der Waals surface area contributed by atoms with Crippen molar-refractivity contribution in [3.05, 3.63) is 65.0 Å². The summed E-state index contributed by atoms with van der Waals surface area (Å²) in [7, 11) is 0. The molecule has 1 saturated heterocycles. The third-order valence-corrected chi connectivity index (χ3v) is 6.94. The number of hydrogen-bond acceptors (Lipinski definition) is 6. The molecule has 0 unspecified atom stereocenters. The van der Waals surface area contributed by atoms with E-state index in [1.54, 1.807) is 33.9 Å². The van der Waals surface area contributed by atoms with E-state index in [0.29, 0.717) is 31.1 Å². The molecule has 2 aliphatic rings. The molecule has 3 atom stereocenters. The number of hydrogen-bond donors (Lipinski definition) is 1. The molecule has 3 heterocycles. The van der Waals surface area contributed by atoms with Crippen LogP contribution in [0.15, 0.2) is 47.6 Å². The SMILES string of the molecule is C[C@H](NC(=O)[C@H]1C[C@H](c2ccccc2)CN1C(=O)OC(C)(C)C)C(=O)CCc1cnc2c(c1)C(Cl)=NC2. The van der Waals surface area contributed by atoms with Crippen molar-refractivity contribution in [2.75, 3.05) is 6.54 Å². The number of aliphatic imine (C=N–C) groups is 1. The van der Waals surface area contributed by atoms with E-state index in [-0.39, 0.29) is 24.0 Å². The van der Waals surface area contributed by atoms with Crippen LogP contribution in [0.3, 0.4) is 0 Å². The van der Waals surface area contributed by atoms with E-state index in [0.717, 1.165) is 22.4 Å². The summed E-state index contributed by atoms with van der Waals surface area (Å²) in [6.45, 7) is 7.90. The second-order valence-corrected chi connectivity index (χ2v) is 11.0. The maximum absolute atomic E-state index is 13.3. The van der Waals surface area contributed by atoms with Gasteiger partial charge in [-0.1, -0.05) is 41.9 Å². The van der Waals surface area contributed by atoms with Gasteiger partial charge >= 0.3 is 6.09 Å². The Morgan fingerprint density at radius 2 is 1.95 bits per heavy atom. The Balaban J connectivity index is 1.39. The molecule has 0 bridgehead atoms. The number of carbonyl (C=O) groups excluding carboxylic acids is 3. The van der Waals surface area contributed by atoms with Gasteiger partial charge in [0.15, 0.2) is 5.78 Å². The van der Waals surface area contributed by atoms with Crippen molar-refractivity contribution < 1.29 is 19.1 Å². The van der Waals surface area contributed by atoms with E-state index in [1.165, 1.54) is 4.90 Å². The number of Topliss-reactive ketones (excluding diaryl/α,β-unsaturated/α-hetero) is 1. The van der Waals surface area contributed by atoms with Crippen LogP contribution < -0.4 is 5.32 Å². The van der Waals surface area contributed by atoms with Gasteiger partial charge < -0.3 is 10.1 Å². The van der Waals surface area contributed by atoms with Crippen molar-refractivity contribution >= 4 is 34.6 Å². The summed E-state index contributed by atoms with van der Waals surface area (Å²) >= 11 is 6.12. The van der Waals surface area contributed by atoms with E-state index in [9.17, 15) is 14.4 Å². The van der Waals surface area contributed by atoms with Crippen LogP contribution in [0.1, 0.15) is 68.8 Å². The van der Waals surface area contributed by atoms with Crippen LogP contribution in [0.2, 0.25) is 0 Å². The van der Waals surface area contributed by atoms with Gasteiger partial charge in [0.1, 0.15) is 16.8 Å². The molecule has 1 aromatic heterocycles. The lowest BCUT2D eigenvalue weighted by Crippen LogP contribution is -2.50. The summed E-state index contributed by atoms with van der Waals surface area (Å²) in [6, 6.07) is 10.3. The van der Waals surface area contributed by atoms with Crippen LogP contribution in [0.5, 0.6) is 0 Å². The highest BCUT2D eigenvalue weighted by Crippen LogP contribution is 2.33. The minimum absolute atomic E-state index is 0.00171. The van der Waals surface area contributed by atoms with E-state index in [2.05, 4.69) is 15.3 Å². The first-order chi connectivity index (χ1) is 17.5. The molecule has 2 aromatic rings. The largest absolute Gasteiger partial charge is 0.444 e. The molecule has 1 aromatic carbocycles. The van der Waals surface area contributed by atoms with Gasteiger partial charge in [-0.25, -0.2) is 4.79 Å². The summed E-state index contributed by atoms with van der Waals surface area (Å²) in [4.78, 5) is 49.2. The quantitative estimate of drug-likeness (QED) is 0.579. The van der Waals surface area contributed by atoms with Crippen molar-refractivity contribution in [3.63, 3.8) is 0 Å². The fourth-order valence-electron chi connectivity index (χ4n) is 4.65. The molecule has 0 spiro atoms. The average molecular weight is 525 g/mol. The van der Waals surface area contributed by atoms with Crippen LogP contribution in [0.4, 0.5) is 4.79 Å². The second kappa shape index (κ2) is 11.0. The Kier molecular flexibility index (Phi) is 7.97. The summed E-state index contributed by atoms with van der Waals surface area (Å²) in [5.74, 6) is -0.458. The summed E-state index contributed by atoms with van der Waals surface area (Å²) in [6.07, 6.45) is 2.38. The molecule has 2 aliphatic heterocycles. The lowest BCUT2D eigenvalue weighted by atomic mass is 9.96. The van der Waals surface area contributed by atoms with Gasteiger partial charge in [0.25, 0.3) is 0 Å². The standard InChI is InChI=1S/C28H33ClN4O4/c1-17(24(34)11-10-18-12-21-22(30-14-18)15-31-25(21)29)32-26(35)23-13-20(19-8-6-5-7-9-19)16-33(23)27(36)37-28(2,3)4/h5-9,12,14,17,20,23H,10-11,13,15-16H2,1-4H3,(H,32,35)/t17-,20-,23+/m0/s1. The molecule has 9 heteroatoms. The van der Waals surface area contributed by atoms with Crippen molar-refractivity contribution in [2.45, 2.75) is 77.1 Å². The molecule has 1 N–H and O–H groups in total. The number of rotatable bonds is 7. The third kappa shape index (κ3) is 6.55. The number of carbonyl (C=O) groups is 3. The molecule has 4 rings (SSSR count). The molecule has 0 aliphatic carbocycles. The number of nitrogens with one attached hydrogen (secondary N) is 1. The van der Waals surface area contributed by atoms with Crippen molar-refractivity contribution in [2.24, 2.45) is 4.99 Å². The molecule has 2 amide bonds. The highest BCUT2D eigenvalue weighted by Gasteiger charge is 2.42. The first kappa shape index (κ1) is 26.8. The molecular formula is C28H33ClN4O4. The molecule has 37 heavy (non-hydrogen) atoms. The fourth-order valence-corrected chi connectivity index (χ4v) is 4.88. The second-order valence-electron chi connectivity index (χ2n) is 10.6. The van der Waals surface area contributed by atoms with Crippen LogP contribution >= 0.6 is 11.6 Å². The molecule has 8 nitrogen and oxygen atoms in total. The number of likely N-dealkylation sites (tertiary alicyclic amines) is 1. The summed E-state index contributed by atoms with van der Waals surface area (Å²) < 4.78 is 5.58. The lowest BCUT2D eigenvalue weighted by Gasteiger charge is -2.28. The first-order valence-electron chi connectivity index (χ1n) is 12.6. The lowest BCUT2D eigenvalue weighted by molar-refractivity contribution is -0.130. The Labute approximate surface area is 222 Å². The van der Waals surface area contributed by atoms with Crippen LogP contribution in [0.25, 0.3) is 0 Å². The minimum Gasteiger partial charge on any atom is -0.444 e. The molecule has 0 saturated carbocycles. The number of halogens is 1. The number of ether oxygens (including phenoxy) is 1. The van der Waals surface area contributed by atoms with Gasteiger partial charge in [0, 0.05) is 30.6 Å². The maximum Gasteiger partial charge on any atom is 0.410 e. The predicted octanol–water partition coefficient (Wildman–Crippen LogP) is 4.38. The van der Waals surface area contributed by atoms with Crippen LogP contribution in [0, 0.1) is 0 Å². The number of amides is 2. The Hall–Kier alpha value is -3.26. The number of pyridine rings is 1. The predicted molar refractivity (Wildman–Crippen MR) is 142 cm³/mol. The van der Waals surface area contributed by atoms with Gasteiger partial charge in [-0.05, 0) is 57.7 Å². The smallest absolute Gasteiger partial charge is 0.410 e. The zero-order chi connectivity index (χ0) is 26.7. The van der Waals surface area contributed by atoms with Crippen molar-refractivity contribution in [1.29, 1.82) is 0 Å². The molecular weight excluding hydrogens is 492 g/mol. The molecule has 196 valence electrons. The molecule has 1 fully saturated rings. The van der Waals surface area contributed by atoms with Crippen molar-refractivity contribution in [1.82, 2.24) is 15.2 Å².